The fraction of sp³-hybridized carbons (Fsp3) is 0.238. The molecule has 0 spiro atoms. The third-order valence-electron chi connectivity index (χ3n) is 4.50. The second-order valence-corrected chi connectivity index (χ2v) is 6.93. The minimum absolute atomic E-state index is 0.614. The molecule has 1 aromatic heterocycles. The molecule has 0 bridgehead atoms. The number of thiocarbonyl (C=S) groups is 1. The van der Waals surface area contributed by atoms with Gasteiger partial charge in [-0.15, -0.1) is 0 Å². The van der Waals surface area contributed by atoms with Crippen LogP contribution >= 0.6 is 12.2 Å². The Morgan fingerprint density at radius 2 is 1.77 bits per heavy atom. The maximum atomic E-state index is 5.47. The highest BCUT2D eigenvalue weighted by Crippen LogP contribution is 2.18. The first kappa shape index (κ1) is 18.1. The summed E-state index contributed by atoms with van der Waals surface area (Å²) in [6, 6.07) is 16.4. The van der Waals surface area contributed by atoms with Gasteiger partial charge in [0.25, 0.3) is 0 Å². The first-order chi connectivity index (χ1) is 12.5. The van der Waals surface area contributed by atoms with Crippen molar-refractivity contribution in [3.05, 3.63) is 76.6 Å². The quantitative estimate of drug-likeness (QED) is 0.664. The van der Waals surface area contributed by atoms with Gasteiger partial charge in [0.2, 0.25) is 0 Å². The van der Waals surface area contributed by atoms with E-state index >= 15 is 0 Å². The van der Waals surface area contributed by atoms with E-state index in [1.165, 1.54) is 16.7 Å². The Balaban J connectivity index is 1.70. The number of para-hydroxylation sites is 1. The maximum Gasteiger partial charge on any atom is 0.171 e. The Bertz CT molecular complexity index is 929. The van der Waals surface area contributed by atoms with Gasteiger partial charge < -0.3 is 10.6 Å². The van der Waals surface area contributed by atoms with Crippen LogP contribution in [0.2, 0.25) is 0 Å². The van der Waals surface area contributed by atoms with E-state index in [4.69, 9.17) is 12.2 Å². The number of benzene rings is 2. The van der Waals surface area contributed by atoms with Crippen molar-refractivity contribution in [2.75, 3.05) is 5.32 Å². The van der Waals surface area contributed by atoms with Crippen molar-refractivity contribution in [1.29, 1.82) is 0 Å². The summed E-state index contributed by atoms with van der Waals surface area (Å²) in [5.41, 5.74) is 7.81. The Kier molecular flexibility index (Phi) is 5.38. The smallest absolute Gasteiger partial charge is 0.171 e. The Morgan fingerprint density at radius 1 is 1.04 bits per heavy atom. The largest absolute Gasteiger partial charge is 0.358 e. The molecule has 134 valence electrons. The second-order valence-electron chi connectivity index (χ2n) is 6.52. The monoisotopic (exact) mass is 364 g/mol. The third-order valence-corrected chi connectivity index (χ3v) is 4.74. The highest BCUT2D eigenvalue weighted by molar-refractivity contribution is 7.80. The fourth-order valence-electron chi connectivity index (χ4n) is 3.04. The van der Waals surface area contributed by atoms with Crippen LogP contribution in [-0.4, -0.2) is 14.9 Å². The molecule has 0 amide bonds. The summed E-state index contributed by atoms with van der Waals surface area (Å²) >= 11 is 5.47. The number of hydrogen-bond acceptors (Lipinski definition) is 2. The van der Waals surface area contributed by atoms with Crippen molar-refractivity contribution in [3.8, 4) is 5.69 Å². The summed E-state index contributed by atoms with van der Waals surface area (Å²) in [6.07, 6.45) is 0. The molecule has 4 nitrogen and oxygen atoms in total. The number of aryl methyl sites for hydroxylation is 3. The van der Waals surface area contributed by atoms with E-state index in [-0.39, 0.29) is 0 Å². The molecule has 26 heavy (non-hydrogen) atoms. The van der Waals surface area contributed by atoms with Gasteiger partial charge in [0.15, 0.2) is 5.11 Å². The molecule has 2 N–H and O–H groups in total. The van der Waals surface area contributed by atoms with Crippen molar-refractivity contribution >= 4 is 23.0 Å². The molecule has 0 aliphatic heterocycles. The standard InChI is InChI=1S/C21H24N4S/c1-14-10-11-20(15(2)12-14)23-21(26)22-13-19-16(3)24-25(17(19)4)18-8-6-5-7-9-18/h5-12H,13H2,1-4H3,(H2,22,23,26). The number of anilines is 1. The van der Waals surface area contributed by atoms with E-state index in [9.17, 15) is 0 Å². The lowest BCUT2D eigenvalue weighted by Crippen LogP contribution is -2.28. The number of nitrogens with zero attached hydrogens (tertiary/aromatic N) is 2. The van der Waals surface area contributed by atoms with Gasteiger partial charge in [-0.3, -0.25) is 0 Å². The number of aromatic nitrogens is 2. The van der Waals surface area contributed by atoms with Gasteiger partial charge >= 0.3 is 0 Å². The molecular weight excluding hydrogens is 340 g/mol. The number of nitrogens with one attached hydrogen (secondary N) is 2. The third kappa shape index (κ3) is 3.94. The van der Waals surface area contributed by atoms with Crippen molar-refractivity contribution in [2.45, 2.75) is 34.2 Å². The number of hydrogen-bond donors (Lipinski definition) is 2. The van der Waals surface area contributed by atoms with Gasteiger partial charge in [-0.25, -0.2) is 4.68 Å². The van der Waals surface area contributed by atoms with Gasteiger partial charge in [-0.05, 0) is 63.7 Å². The molecule has 0 fully saturated rings. The lowest BCUT2D eigenvalue weighted by Gasteiger charge is -2.13. The van der Waals surface area contributed by atoms with Crippen molar-refractivity contribution < 1.29 is 0 Å². The lowest BCUT2D eigenvalue weighted by atomic mass is 10.1. The molecule has 0 aliphatic carbocycles. The van der Waals surface area contributed by atoms with Crippen LogP contribution in [0.15, 0.2) is 48.5 Å². The van der Waals surface area contributed by atoms with Gasteiger partial charge in [0.05, 0.1) is 11.4 Å². The molecule has 2 aromatic carbocycles. The van der Waals surface area contributed by atoms with Crippen molar-refractivity contribution in [1.82, 2.24) is 15.1 Å². The Morgan fingerprint density at radius 3 is 2.46 bits per heavy atom. The van der Waals surface area contributed by atoms with Crippen LogP contribution in [0.4, 0.5) is 5.69 Å². The normalized spacial score (nSPS) is 10.6. The van der Waals surface area contributed by atoms with Crippen LogP contribution in [0.25, 0.3) is 5.69 Å². The SMILES string of the molecule is Cc1ccc(NC(=S)NCc2c(C)nn(-c3ccccc3)c2C)c(C)c1. The average molecular weight is 365 g/mol. The summed E-state index contributed by atoms with van der Waals surface area (Å²) in [4.78, 5) is 0. The second kappa shape index (κ2) is 7.70. The Hall–Kier alpha value is -2.66. The molecule has 3 aromatic rings. The molecule has 0 unspecified atom stereocenters. The highest BCUT2D eigenvalue weighted by Gasteiger charge is 2.13. The van der Waals surface area contributed by atoms with Crippen LogP contribution in [-0.2, 0) is 6.54 Å². The zero-order valence-corrected chi connectivity index (χ0v) is 16.4. The topological polar surface area (TPSA) is 41.9 Å². The summed E-state index contributed by atoms with van der Waals surface area (Å²) in [5.74, 6) is 0. The minimum atomic E-state index is 0.614. The van der Waals surface area contributed by atoms with E-state index in [1.807, 2.05) is 29.8 Å². The number of rotatable bonds is 4. The first-order valence-electron chi connectivity index (χ1n) is 8.68. The molecule has 0 saturated carbocycles. The van der Waals surface area contributed by atoms with Gasteiger partial charge in [0.1, 0.15) is 0 Å². The summed E-state index contributed by atoms with van der Waals surface area (Å²) in [7, 11) is 0. The van der Waals surface area contributed by atoms with E-state index in [1.54, 1.807) is 0 Å². The zero-order valence-electron chi connectivity index (χ0n) is 15.6. The molecule has 3 rings (SSSR count). The Labute approximate surface area is 160 Å². The molecule has 1 heterocycles. The van der Waals surface area contributed by atoms with Crippen LogP contribution in [0.3, 0.4) is 0 Å². The van der Waals surface area contributed by atoms with Gasteiger partial charge in [0, 0.05) is 23.5 Å². The van der Waals surface area contributed by atoms with Crippen LogP contribution in [0.5, 0.6) is 0 Å². The predicted octanol–water partition coefficient (Wildman–Crippen LogP) is 4.59. The minimum Gasteiger partial charge on any atom is -0.358 e. The summed E-state index contributed by atoms with van der Waals surface area (Å²) in [5, 5.41) is 11.9. The van der Waals surface area contributed by atoms with E-state index < -0.39 is 0 Å². The predicted molar refractivity (Wildman–Crippen MR) is 112 cm³/mol. The average Bonchev–Trinajstić information content (AvgIpc) is 2.90. The summed E-state index contributed by atoms with van der Waals surface area (Å²) in [6.45, 7) is 8.93. The fourth-order valence-corrected chi connectivity index (χ4v) is 3.22. The molecule has 0 saturated heterocycles. The highest BCUT2D eigenvalue weighted by atomic mass is 32.1. The molecule has 5 heteroatoms. The molecule has 0 radical (unpaired) electrons. The van der Waals surface area contributed by atoms with Crippen LogP contribution < -0.4 is 10.6 Å². The van der Waals surface area contributed by atoms with Crippen molar-refractivity contribution in [3.63, 3.8) is 0 Å². The van der Waals surface area contributed by atoms with E-state index in [0.717, 1.165) is 22.8 Å². The lowest BCUT2D eigenvalue weighted by molar-refractivity contribution is 0.830. The van der Waals surface area contributed by atoms with E-state index in [0.29, 0.717) is 11.7 Å². The molecular formula is C21H24N4S. The molecule has 0 aliphatic rings. The molecule has 0 atom stereocenters. The van der Waals surface area contributed by atoms with Crippen molar-refractivity contribution in [2.24, 2.45) is 0 Å². The van der Waals surface area contributed by atoms with Crippen LogP contribution in [0, 0.1) is 27.7 Å². The van der Waals surface area contributed by atoms with Gasteiger partial charge in [-0.2, -0.15) is 5.10 Å². The maximum absolute atomic E-state index is 5.47. The van der Waals surface area contributed by atoms with E-state index in [2.05, 4.69) is 66.8 Å². The first-order valence-corrected chi connectivity index (χ1v) is 9.09. The zero-order chi connectivity index (χ0) is 18.7. The summed E-state index contributed by atoms with van der Waals surface area (Å²) < 4.78 is 1.98. The van der Waals surface area contributed by atoms with Crippen LogP contribution in [0.1, 0.15) is 28.1 Å². The van der Waals surface area contributed by atoms with Gasteiger partial charge in [-0.1, -0.05) is 35.9 Å².